The number of amides is 2. The van der Waals surface area contributed by atoms with Gasteiger partial charge >= 0.3 is 5.97 Å². The molecule has 1 fully saturated rings. The number of nitrogens with two attached hydrogens (primary N) is 1. The molecule has 0 saturated carbocycles. The molecule has 2 heterocycles. The molecule has 2 aliphatic heterocycles. The van der Waals surface area contributed by atoms with E-state index in [4.69, 9.17) is 10.5 Å². The first-order valence-corrected chi connectivity index (χ1v) is 11.2. The highest BCUT2D eigenvalue weighted by atomic mass is 19.1. The minimum absolute atomic E-state index is 0.0253. The number of esters is 1. The molecule has 32 heavy (non-hydrogen) atoms. The highest BCUT2D eigenvalue weighted by molar-refractivity contribution is 6.01. The Bertz CT molecular complexity index is 923. The van der Waals surface area contributed by atoms with E-state index in [1.807, 2.05) is 0 Å². The summed E-state index contributed by atoms with van der Waals surface area (Å²) in [6.45, 7) is 11.0. The van der Waals surface area contributed by atoms with Gasteiger partial charge in [-0.25, -0.2) is 4.39 Å². The Hall–Kier alpha value is -2.48. The number of hydrogen-bond donors (Lipinski definition) is 2. The Morgan fingerprint density at radius 1 is 1.34 bits per heavy atom. The predicted octanol–water partition coefficient (Wildman–Crippen LogP) is 2.86. The monoisotopic (exact) mass is 447 g/mol. The van der Waals surface area contributed by atoms with Crippen LogP contribution in [-0.4, -0.2) is 47.4 Å². The molecule has 0 spiro atoms. The lowest BCUT2D eigenvalue weighted by atomic mass is 9.70. The second-order valence-corrected chi connectivity index (χ2v) is 10.5. The Kier molecular flexibility index (Phi) is 6.65. The summed E-state index contributed by atoms with van der Waals surface area (Å²) in [5.74, 6) is -2.00. The molecule has 1 aromatic carbocycles. The van der Waals surface area contributed by atoms with Crippen molar-refractivity contribution in [1.82, 2.24) is 10.2 Å². The first-order chi connectivity index (χ1) is 14.8. The third-order valence-electron chi connectivity index (χ3n) is 6.35. The van der Waals surface area contributed by atoms with E-state index in [0.29, 0.717) is 11.1 Å². The van der Waals surface area contributed by atoms with Gasteiger partial charge in [0, 0.05) is 24.1 Å². The topological polar surface area (TPSA) is 102 Å². The van der Waals surface area contributed by atoms with E-state index in [0.717, 1.165) is 19.5 Å². The fraction of sp³-hybridized carbons (Fsp3) is 0.625. The van der Waals surface area contributed by atoms with Gasteiger partial charge in [0.25, 0.3) is 5.91 Å². The average molecular weight is 448 g/mol. The molecule has 2 amide bonds. The number of piperidine rings is 1. The zero-order chi connectivity index (χ0) is 23.8. The van der Waals surface area contributed by atoms with Crippen LogP contribution in [0.4, 0.5) is 4.39 Å². The summed E-state index contributed by atoms with van der Waals surface area (Å²) in [7, 11) is 0. The molecule has 2 aliphatic rings. The number of nitrogens with zero attached hydrogens (tertiary/aromatic N) is 1. The van der Waals surface area contributed by atoms with Gasteiger partial charge in [0.15, 0.2) is 0 Å². The summed E-state index contributed by atoms with van der Waals surface area (Å²) in [4.78, 5) is 38.5. The second kappa shape index (κ2) is 8.81. The number of hydrogen-bond acceptors (Lipinski definition) is 5. The maximum Gasteiger partial charge on any atom is 0.306 e. The molecule has 0 bridgehead atoms. The van der Waals surface area contributed by atoms with E-state index in [1.165, 1.54) is 4.90 Å². The molecule has 3 N–H and O–H groups in total. The molecule has 0 radical (unpaired) electrons. The van der Waals surface area contributed by atoms with Crippen molar-refractivity contribution in [3.63, 3.8) is 0 Å². The summed E-state index contributed by atoms with van der Waals surface area (Å²) in [5.41, 5.74) is 5.94. The van der Waals surface area contributed by atoms with Crippen molar-refractivity contribution in [3.05, 3.63) is 34.6 Å². The molecular formula is C24H34FN3O4. The number of carbonyl (C=O) groups is 3. The van der Waals surface area contributed by atoms with Gasteiger partial charge < -0.3 is 20.7 Å². The van der Waals surface area contributed by atoms with Crippen LogP contribution in [0.25, 0.3) is 0 Å². The molecule has 1 unspecified atom stereocenters. The van der Waals surface area contributed by atoms with Gasteiger partial charge in [0.05, 0.1) is 6.54 Å². The predicted molar refractivity (Wildman–Crippen MR) is 118 cm³/mol. The minimum atomic E-state index is -1.01. The number of primary amides is 1. The van der Waals surface area contributed by atoms with Crippen LogP contribution in [0.3, 0.4) is 0 Å². The van der Waals surface area contributed by atoms with Crippen LogP contribution in [0.15, 0.2) is 12.1 Å². The van der Waals surface area contributed by atoms with Crippen molar-refractivity contribution >= 4 is 17.8 Å². The lowest BCUT2D eigenvalue weighted by Gasteiger charge is -2.39. The number of nitrogens with one attached hydrogen (secondary N) is 1. The second-order valence-electron chi connectivity index (χ2n) is 10.5. The largest absolute Gasteiger partial charge is 0.460 e. The molecule has 3 rings (SSSR count). The molecule has 7 nitrogen and oxygen atoms in total. The van der Waals surface area contributed by atoms with E-state index < -0.39 is 29.4 Å². The van der Waals surface area contributed by atoms with Crippen molar-refractivity contribution in [1.29, 1.82) is 0 Å². The Balaban J connectivity index is 1.81. The third kappa shape index (κ3) is 4.95. The lowest BCUT2D eigenvalue weighted by Crippen LogP contribution is -2.45. The van der Waals surface area contributed by atoms with Crippen LogP contribution in [0.2, 0.25) is 0 Å². The molecule has 0 aromatic heterocycles. The number of benzene rings is 1. The van der Waals surface area contributed by atoms with Gasteiger partial charge in [-0.05, 0) is 63.1 Å². The molecule has 2 atom stereocenters. The van der Waals surface area contributed by atoms with Crippen LogP contribution in [0.5, 0.6) is 0 Å². The highest BCUT2D eigenvalue weighted by Gasteiger charge is 2.40. The lowest BCUT2D eigenvalue weighted by molar-refractivity contribution is -0.155. The normalized spacial score (nSPS) is 21.2. The van der Waals surface area contributed by atoms with E-state index in [-0.39, 0.29) is 42.1 Å². The summed E-state index contributed by atoms with van der Waals surface area (Å²) in [6, 6.07) is 2.34. The van der Waals surface area contributed by atoms with Crippen molar-refractivity contribution in [2.45, 2.75) is 78.0 Å². The fourth-order valence-electron chi connectivity index (χ4n) is 4.76. The SMILES string of the molecule is CC(C)(C)OC(=O)CC[C@@H](C(N)=O)N1Cc2c(ccc(C3CCNCC3(C)C)c2F)C1=O. The molecule has 1 saturated heterocycles. The third-order valence-corrected chi connectivity index (χ3v) is 6.35. The molecule has 176 valence electrons. The van der Waals surface area contributed by atoms with Gasteiger partial charge in [-0.2, -0.15) is 0 Å². The first-order valence-electron chi connectivity index (χ1n) is 11.2. The van der Waals surface area contributed by atoms with Crippen molar-refractivity contribution in [3.8, 4) is 0 Å². The number of carbonyl (C=O) groups excluding carboxylic acids is 3. The number of rotatable bonds is 6. The van der Waals surface area contributed by atoms with E-state index in [9.17, 15) is 14.4 Å². The van der Waals surface area contributed by atoms with Crippen LogP contribution in [0, 0.1) is 11.2 Å². The van der Waals surface area contributed by atoms with E-state index in [2.05, 4.69) is 19.2 Å². The number of ether oxygens (including phenoxy) is 1. The molecule has 0 aliphatic carbocycles. The molecule has 8 heteroatoms. The first kappa shape index (κ1) is 24.2. The Labute approximate surface area is 188 Å². The van der Waals surface area contributed by atoms with Gasteiger partial charge in [-0.15, -0.1) is 0 Å². The Morgan fingerprint density at radius 3 is 2.62 bits per heavy atom. The zero-order valence-electron chi connectivity index (χ0n) is 19.6. The minimum Gasteiger partial charge on any atom is -0.460 e. The number of halogens is 1. The summed E-state index contributed by atoms with van der Waals surface area (Å²) in [5, 5.41) is 3.35. The molecule has 1 aromatic rings. The van der Waals surface area contributed by atoms with E-state index in [1.54, 1.807) is 32.9 Å². The summed E-state index contributed by atoms with van der Waals surface area (Å²) >= 11 is 0. The average Bonchev–Trinajstić information content (AvgIpc) is 2.98. The van der Waals surface area contributed by atoms with Crippen molar-refractivity contribution in [2.75, 3.05) is 13.1 Å². The highest BCUT2D eigenvalue weighted by Crippen LogP contribution is 2.42. The van der Waals surface area contributed by atoms with Crippen molar-refractivity contribution in [2.24, 2.45) is 11.1 Å². The van der Waals surface area contributed by atoms with Crippen LogP contribution >= 0.6 is 0 Å². The zero-order valence-corrected chi connectivity index (χ0v) is 19.6. The van der Waals surface area contributed by atoms with Gasteiger partial charge in [0.1, 0.15) is 17.5 Å². The van der Waals surface area contributed by atoms with Gasteiger partial charge in [-0.1, -0.05) is 19.9 Å². The maximum absolute atomic E-state index is 15.6. The van der Waals surface area contributed by atoms with Gasteiger partial charge in [0.2, 0.25) is 5.91 Å². The van der Waals surface area contributed by atoms with Crippen LogP contribution in [0.1, 0.15) is 81.3 Å². The number of fused-ring (bicyclic) bond motifs is 1. The van der Waals surface area contributed by atoms with Crippen LogP contribution < -0.4 is 11.1 Å². The summed E-state index contributed by atoms with van der Waals surface area (Å²) in [6.07, 6.45) is 0.766. The Morgan fingerprint density at radius 2 is 2.03 bits per heavy atom. The van der Waals surface area contributed by atoms with Gasteiger partial charge in [-0.3, -0.25) is 14.4 Å². The fourth-order valence-corrected chi connectivity index (χ4v) is 4.76. The quantitative estimate of drug-likeness (QED) is 0.653. The van der Waals surface area contributed by atoms with E-state index >= 15 is 4.39 Å². The molecular weight excluding hydrogens is 413 g/mol. The summed E-state index contributed by atoms with van der Waals surface area (Å²) < 4.78 is 20.9. The van der Waals surface area contributed by atoms with Crippen molar-refractivity contribution < 1.29 is 23.5 Å². The standard InChI is InChI=1S/C24H34FN3O4/c1-23(2,3)32-19(29)9-8-18(21(26)30)28-12-16-14(22(28)31)6-7-15(20(16)25)17-10-11-27-13-24(17,4)5/h6-7,17-18,27H,8-13H2,1-5H3,(H2,26,30)/t17?,18-/m0/s1. The van der Waals surface area contributed by atoms with Crippen LogP contribution in [-0.2, 0) is 20.9 Å². The smallest absolute Gasteiger partial charge is 0.306 e. The maximum atomic E-state index is 15.6.